The molecule has 0 bridgehead atoms. The van der Waals surface area contributed by atoms with Crippen LogP contribution in [0.3, 0.4) is 0 Å². The Morgan fingerprint density at radius 3 is 2.67 bits per heavy atom. The molecule has 0 saturated carbocycles. The summed E-state index contributed by atoms with van der Waals surface area (Å²) in [6, 6.07) is 9.01. The number of anilines is 1. The molecule has 174 valence electrons. The highest BCUT2D eigenvalue weighted by Gasteiger charge is 2.31. The summed E-state index contributed by atoms with van der Waals surface area (Å²) in [6.07, 6.45) is 8.55. The third kappa shape index (κ3) is 4.66. The average molecular weight is 447 g/mol. The number of aliphatic hydroxyl groups is 1. The van der Waals surface area contributed by atoms with E-state index < -0.39 is 0 Å². The quantitative estimate of drug-likeness (QED) is 0.594. The Morgan fingerprint density at radius 1 is 1.03 bits per heavy atom. The van der Waals surface area contributed by atoms with Gasteiger partial charge in [-0.15, -0.1) is 0 Å². The highest BCUT2D eigenvalue weighted by molar-refractivity contribution is 5.63. The molecule has 2 fully saturated rings. The molecule has 0 spiro atoms. The summed E-state index contributed by atoms with van der Waals surface area (Å²) >= 11 is 0. The summed E-state index contributed by atoms with van der Waals surface area (Å²) in [5.41, 5.74) is 7.06. The minimum Gasteiger partial charge on any atom is -0.394 e. The Balaban J connectivity index is 1.47. The maximum Gasteiger partial charge on any atom is 0.225 e. The lowest BCUT2D eigenvalue weighted by molar-refractivity contribution is 0.240. The Labute approximate surface area is 196 Å². The number of aliphatic hydroxyl groups excluding tert-OH is 1. The summed E-state index contributed by atoms with van der Waals surface area (Å²) in [6.45, 7) is 8.92. The van der Waals surface area contributed by atoms with E-state index >= 15 is 0 Å². The molecule has 0 amide bonds. The molecule has 2 aliphatic rings. The molecule has 5 rings (SSSR count). The van der Waals surface area contributed by atoms with Gasteiger partial charge >= 0.3 is 0 Å². The van der Waals surface area contributed by atoms with Crippen molar-refractivity contribution >= 4 is 5.95 Å². The third-order valence-electron chi connectivity index (χ3n) is 7.06. The van der Waals surface area contributed by atoms with E-state index in [2.05, 4.69) is 46.8 Å². The van der Waals surface area contributed by atoms with Gasteiger partial charge in [-0.3, -0.25) is 9.58 Å². The van der Waals surface area contributed by atoms with Crippen molar-refractivity contribution in [2.75, 3.05) is 31.1 Å². The van der Waals surface area contributed by atoms with E-state index in [0.717, 1.165) is 61.9 Å². The minimum absolute atomic E-state index is 0.0698. The smallest absolute Gasteiger partial charge is 0.225 e. The average Bonchev–Trinajstić information content (AvgIpc) is 3.57. The number of nitrogens with zero attached hydrogens (tertiary/aromatic N) is 6. The van der Waals surface area contributed by atoms with E-state index in [4.69, 9.17) is 10.1 Å². The van der Waals surface area contributed by atoms with Gasteiger partial charge in [-0.25, -0.2) is 9.97 Å². The van der Waals surface area contributed by atoms with E-state index in [1.165, 1.54) is 29.5 Å². The van der Waals surface area contributed by atoms with Gasteiger partial charge in [-0.1, -0.05) is 18.2 Å². The molecule has 3 aromatic rings. The van der Waals surface area contributed by atoms with Crippen LogP contribution in [0.15, 0.2) is 36.7 Å². The molecule has 0 radical (unpaired) electrons. The van der Waals surface area contributed by atoms with Gasteiger partial charge < -0.3 is 10.0 Å². The van der Waals surface area contributed by atoms with E-state index in [9.17, 15) is 5.11 Å². The fourth-order valence-electron chi connectivity index (χ4n) is 5.13. The fraction of sp³-hybridized carbons (Fsp3) is 0.500. The van der Waals surface area contributed by atoms with E-state index in [0.29, 0.717) is 6.54 Å². The third-order valence-corrected chi connectivity index (χ3v) is 7.06. The first-order chi connectivity index (χ1) is 16.1. The second-order valence-electron chi connectivity index (χ2n) is 9.40. The van der Waals surface area contributed by atoms with Gasteiger partial charge in [-0.05, 0) is 68.8 Å². The SMILES string of the molecule is Cc1ccc(CN2CCCC2c2nn(CCO)cc2-c2ccnc(N3CCCC3)n2)cc1C. The van der Waals surface area contributed by atoms with Crippen LogP contribution >= 0.6 is 0 Å². The normalized spacial score (nSPS) is 19.0. The maximum atomic E-state index is 9.54. The molecule has 7 heteroatoms. The molecule has 2 aromatic heterocycles. The van der Waals surface area contributed by atoms with Crippen LogP contribution in [0.1, 0.15) is 54.1 Å². The van der Waals surface area contributed by atoms with Crippen molar-refractivity contribution in [1.29, 1.82) is 0 Å². The zero-order valence-electron chi connectivity index (χ0n) is 19.7. The lowest BCUT2D eigenvalue weighted by Crippen LogP contribution is -2.24. The molecule has 33 heavy (non-hydrogen) atoms. The van der Waals surface area contributed by atoms with Crippen molar-refractivity contribution in [2.24, 2.45) is 0 Å². The predicted octanol–water partition coefficient (Wildman–Crippen LogP) is 3.89. The first kappa shape index (κ1) is 22.0. The number of hydrogen-bond acceptors (Lipinski definition) is 6. The van der Waals surface area contributed by atoms with Crippen LogP contribution in [0.2, 0.25) is 0 Å². The van der Waals surface area contributed by atoms with Crippen LogP contribution in [0.5, 0.6) is 0 Å². The van der Waals surface area contributed by atoms with Crippen LogP contribution in [-0.2, 0) is 13.1 Å². The number of rotatable bonds is 7. The summed E-state index contributed by atoms with van der Waals surface area (Å²) in [5, 5.41) is 14.5. The highest BCUT2D eigenvalue weighted by Crippen LogP contribution is 2.37. The van der Waals surface area contributed by atoms with Gasteiger partial charge in [0, 0.05) is 37.6 Å². The summed E-state index contributed by atoms with van der Waals surface area (Å²) < 4.78 is 1.87. The highest BCUT2D eigenvalue weighted by atomic mass is 16.3. The molecule has 1 atom stereocenters. The number of aromatic nitrogens is 4. The van der Waals surface area contributed by atoms with Crippen LogP contribution < -0.4 is 4.90 Å². The Bertz CT molecular complexity index is 1100. The van der Waals surface area contributed by atoms with Gasteiger partial charge in [0.2, 0.25) is 5.95 Å². The van der Waals surface area contributed by atoms with Crippen molar-refractivity contribution in [3.05, 3.63) is 59.0 Å². The zero-order valence-corrected chi connectivity index (χ0v) is 19.7. The fourth-order valence-corrected chi connectivity index (χ4v) is 5.13. The topological polar surface area (TPSA) is 70.3 Å². The lowest BCUT2D eigenvalue weighted by Gasteiger charge is -2.24. The van der Waals surface area contributed by atoms with Gasteiger partial charge in [0.25, 0.3) is 0 Å². The van der Waals surface area contributed by atoms with E-state index in [1.54, 1.807) is 0 Å². The molecular formula is C26H34N6O. The van der Waals surface area contributed by atoms with E-state index in [-0.39, 0.29) is 12.6 Å². The molecule has 2 aliphatic heterocycles. The summed E-state index contributed by atoms with van der Waals surface area (Å²) in [7, 11) is 0. The van der Waals surface area contributed by atoms with Gasteiger partial charge in [0.15, 0.2) is 0 Å². The van der Waals surface area contributed by atoms with Crippen molar-refractivity contribution in [2.45, 2.75) is 58.7 Å². The first-order valence-corrected chi connectivity index (χ1v) is 12.2. The minimum atomic E-state index is 0.0698. The van der Waals surface area contributed by atoms with Crippen molar-refractivity contribution in [3.8, 4) is 11.3 Å². The number of aryl methyl sites for hydroxylation is 2. The Morgan fingerprint density at radius 2 is 1.88 bits per heavy atom. The van der Waals surface area contributed by atoms with Crippen molar-refractivity contribution in [1.82, 2.24) is 24.6 Å². The van der Waals surface area contributed by atoms with Gasteiger partial charge in [-0.2, -0.15) is 5.10 Å². The first-order valence-electron chi connectivity index (χ1n) is 12.2. The molecule has 1 unspecified atom stereocenters. The second-order valence-corrected chi connectivity index (χ2v) is 9.40. The van der Waals surface area contributed by atoms with Crippen LogP contribution in [-0.4, -0.2) is 56.0 Å². The zero-order chi connectivity index (χ0) is 22.8. The molecule has 4 heterocycles. The molecule has 7 nitrogen and oxygen atoms in total. The molecule has 1 aromatic carbocycles. The van der Waals surface area contributed by atoms with Gasteiger partial charge in [0.05, 0.1) is 30.6 Å². The number of hydrogen-bond donors (Lipinski definition) is 1. The Hall–Kier alpha value is -2.77. The summed E-state index contributed by atoms with van der Waals surface area (Å²) in [5.74, 6) is 0.810. The van der Waals surface area contributed by atoms with Crippen LogP contribution in [0.25, 0.3) is 11.3 Å². The van der Waals surface area contributed by atoms with E-state index in [1.807, 2.05) is 23.1 Å². The summed E-state index contributed by atoms with van der Waals surface area (Å²) in [4.78, 5) is 14.3. The van der Waals surface area contributed by atoms with Crippen LogP contribution in [0.4, 0.5) is 5.95 Å². The Kier molecular flexibility index (Phi) is 6.42. The lowest BCUT2D eigenvalue weighted by atomic mass is 10.0. The largest absolute Gasteiger partial charge is 0.394 e. The van der Waals surface area contributed by atoms with Crippen molar-refractivity contribution < 1.29 is 5.11 Å². The molecule has 1 N–H and O–H groups in total. The molecular weight excluding hydrogens is 412 g/mol. The second kappa shape index (κ2) is 9.61. The number of likely N-dealkylation sites (tertiary alicyclic amines) is 1. The monoisotopic (exact) mass is 446 g/mol. The van der Waals surface area contributed by atoms with Gasteiger partial charge in [0.1, 0.15) is 0 Å². The number of benzene rings is 1. The molecule has 2 saturated heterocycles. The molecule has 0 aliphatic carbocycles. The standard InChI is InChI=1S/C26H34N6O/c1-19-7-8-21(16-20(19)2)17-31-13-5-6-24(31)25-22(18-32(29-25)14-15-33)23-9-10-27-26(28-23)30-11-3-4-12-30/h7-10,16,18,24,33H,3-6,11-15,17H2,1-2H3. The predicted molar refractivity (Wildman–Crippen MR) is 130 cm³/mol. The van der Waals surface area contributed by atoms with Crippen molar-refractivity contribution in [3.63, 3.8) is 0 Å². The maximum absolute atomic E-state index is 9.54. The van der Waals surface area contributed by atoms with Crippen LogP contribution in [0, 0.1) is 13.8 Å².